The van der Waals surface area contributed by atoms with Gasteiger partial charge in [0.05, 0.1) is 10.9 Å². The Morgan fingerprint density at radius 3 is 2.75 bits per heavy atom. The van der Waals surface area contributed by atoms with Gasteiger partial charge in [0.1, 0.15) is 6.04 Å². The predicted octanol–water partition coefficient (Wildman–Crippen LogP) is 1.50. The summed E-state index contributed by atoms with van der Waals surface area (Å²) in [5.41, 5.74) is 5.35. The Hall–Kier alpha value is -2.37. The van der Waals surface area contributed by atoms with E-state index in [0.717, 1.165) is 0 Å². The van der Waals surface area contributed by atoms with Crippen LogP contribution in [-0.4, -0.2) is 16.9 Å². The van der Waals surface area contributed by atoms with Crippen molar-refractivity contribution in [3.8, 4) is 0 Å². The summed E-state index contributed by atoms with van der Waals surface area (Å²) in [6.07, 6.45) is 0.535. The summed E-state index contributed by atoms with van der Waals surface area (Å²) in [5.74, 6) is -0.233. The smallest absolute Gasteiger partial charge is 0.348 e. The van der Waals surface area contributed by atoms with Crippen LogP contribution in [0.1, 0.15) is 20.3 Å². The first-order valence-electron chi connectivity index (χ1n) is 6.43. The van der Waals surface area contributed by atoms with Crippen molar-refractivity contribution in [1.29, 1.82) is 0 Å². The number of hydrogen-bond donors (Lipinski definition) is 2. The summed E-state index contributed by atoms with van der Waals surface area (Å²) >= 11 is 0. The van der Waals surface area contributed by atoms with E-state index >= 15 is 0 Å². The zero-order valence-electron chi connectivity index (χ0n) is 11.4. The van der Waals surface area contributed by atoms with E-state index in [4.69, 9.17) is 10.2 Å². The van der Waals surface area contributed by atoms with Crippen molar-refractivity contribution in [2.45, 2.75) is 26.3 Å². The van der Waals surface area contributed by atoms with Gasteiger partial charge in [0.25, 0.3) is 6.01 Å². The average molecular weight is 275 g/mol. The zero-order chi connectivity index (χ0) is 14.7. The molecular formula is C14H17N3O3. The van der Waals surface area contributed by atoms with Crippen LogP contribution in [0.5, 0.6) is 0 Å². The number of nitrogens with one attached hydrogen (secondary N) is 1. The molecule has 0 spiro atoms. The zero-order valence-corrected chi connectivity index (χ0v) is 11.4. The van der Waals surface area contributed by atoms with E-state index in [9.17, 15) is 9.59 Å². The Labute approximate surface area is 116 Å². The molecular weight excluding hydrogens is 258 g/mol. The number of hydrogen-bond acceptors (Lipinski definition) is 5. The molecule has 106 valence electrons. The van der Waals surface area contributed by atoms with Crippen LogP contribution in [-0.2, 0) is 4.79 Å². The summed E-state index contributed by atoms with van der Waals surface area (Å²) in [6, 6.07) is 6.25. The molecule has 0 saturated carbocycles. The molecule has 6 nitrogen and oxygen atoms in total. The first-order chi connectivity index (χ1) is 9.47. The van der Waals surface area contributed by atoms with Gasteiger partial charge in [-0.3, -0.25) is 4.79 Å². The fourth-order valence-corrected chi connectivity index (χ4v) is 1.95. The number of carbonyl (C=O) groups excluding carboxylic acids is 1. The molecule has 2 aromatic rings. The lowest BCUT2D eigenvalue weighted by Gasteiger charge is -2.16. The van der Waals surface area contributed by atoms with E-state index in [-0.39, 0.29) is 11.9 Å². The van der Waals surface area contributed by atoms with Gasteiger partial charge in [0.15, 0.2) is 0 Å². The molecule has 1 aromatic heterocycles. The lowest BCUT2D eigenvalue weighted by molar-refractivity contribution is -0.119. The number of nitrogens with two attached hydrogens (primary N) is 1. The molecule has 1 amide bonds. The number of rotatable bonds is 5. The standard InChI is InChI=1S/C14H17N3O3/c1-8(2)7-11(12(15)18)17-14-16-10-6-4-3-5-9(10)13(19)20-14/h3-6,8,11H,7H2,1-2H3,(H2,15,18)(H,16,17). The number of benzene rings is 1. The van der Waals surface area contributed by atoms with Crippen molar-refractivity contribution in [2.24, 2.45) is 11.7 Å². The van der Waals surface area contributed by atoms with Gasteiger partial charge in [-0.15, -0.1) is 0 Å². The van der Waals surface area contributed by atoms with Crippen molar-refractivity contribution < 1.29 is 9.21 Å². The highest BCUT2D eigenvalue weighted by molar-refractivity contribution is 5.83. The minimum absolute atomic E-state index is 0.0122. The average Bonchev–Trinajstić information content (AvgIpc) is 2.37. The van der Waals surface area contributed by atoms with E-state index in [1.807, 2.05) is 13.8 Å². The molecule has 0 aliphatic heterocycles. The number of fused-ring (bicyclic) bond motifs is 1. The van der Waals surface area contributed by atoms with Crippen LogP contribution in [0.2, 0.25) is 0 Å². The van der Waals surface area contributed by atoms with E-state index in [0.29, 0.717) is 17.3 Å². The molecule has 1 heterocycles. The largest absolute Gasteiger partial charge is 0.389 e. The third-order valence-electron chi connectivity index (χ3n) is 2.88. The highest BCUT2D eigenvalue weighted by atomic mass is 16.4. The Balaban J connectivity index is 2.33. The van der Waals surface area contributed by atoms with Crippen LogP contribution < -0.4 is 16.7 Å². The third-order valence-corrected chi connectivity index (χ3v) is 2.88. The lowest BCUT2D eigenvalue weighted by atomic mass is 10.0. The van der Waals surface area contributed by atoms with E-state index in [1.165, 1.54) is 0 Å². The Bertz CT molecular complexity index is 679. The highest BCUT2D eigenvalue weighted by Crippen LogP contribution is 2.13. The minimum Gasteiger partial charge on any atom is -0.389 e. The molecule has 1 unspecified atom stereocenters. The molecule has 0 aliphatic carbocycles. The van der Waals surface area contributed by atoms with Gasteiger partial charge in [-0.25, -0.2) is 4.79 Å². The Morgan fingerprint density at radius 1 is 1.40 bits per heavy atom. The second-order valence-electron chi connectivity index (χ2n) is 5.05. The maximum Gasteiger partial charge on any atom is 0.348 e. The van der Waals surface area contributed by atoms with Gasteiger partial charge < -0.3 is 15.5 Å². The predicted molar refractivity (Wildman–Crippen MR) is 76.3 cm³/mol. The number of para-hydroxylation sites is 1. The first-order valence-corrected chi connectivity index (χ1v) is 6.43. The lowest BCUT2D eigenvalue weighted by Crippen LogP contribution is -2.37. The van der Waals surface area contributed by atoms with Gasteiger partial charge in [0, 0.05) is 0 Å². The van der Waals surface area contributed by atoms with Crippen LogP contribution in [0.4, 0.5) is 6.01 Å². The van der Waals surface area contributed by atoms with Gasteiger partial charge in [0.2, 0.25) is 5.91 Å². The third kappa shape index (κ3) is 3.14. The second-order valence-corrected chi connectivity index (χ2v) is 5.05. The molecule has 20 heavy (non-hydrogen) atoms. The number of carbonyl (C=O) groups is 1. The van der Waals surface area contributed by atoms with Crippen LogP contribution in [0, 0.1) is 5.92 Å². The molecule has 0 bridgehead atoms. The summed E-state index contributed by atoms with van der Waals surface area (Å²) in [6.45, 7) is 3.95. The fourth-order valence-electron chi connectivity index (χ4n) is 1.95. The molecule has 1 atom stereocenters. The first kappa shape index (κ1) is 14.0. The van der Waals surface area contributed by atoms with E-state index < -0.39 is 17.6 Å². The summed E-state index contributed by atoms with van der Waals surface area (Å²) in [5, 5.41) is 3.19. The topological polar surface area (TPSA) is 98.2 Å². The fraction of sp³-hybridized carbons (Fsp3) is 0.357. The summed E-state index contributed by atoms with van der Waals surface area (Å²) < 4.78 is 5.07. The van der Waals surface area contributed by atoms with Crippen molar-refractivity contribution in [3.63, 3.8) is 0 Å². The number of amides is 1. The Kier molecular flexibility index (Phi) is 4.02. The molecule has 1 aromatic carbocycles. The van der Waals surface area contributed by atoms with Gasteiger partial charge in [-0.2, -0.15) is 4.98 Å². The molecule has 0 aliphatic rings. The Morgan fingerprint density at radius 2 is 2.10 bits per heavy atom. The van der Waals surface area contributed by atoms with Crippen LogP contribution in [0.3, 0.4) is 0 Å². The number of nitrogens with zero attached hydrogens (tertiary/aromatic N) is 1. The maximum atomic E-state index is 11.8. The van der Waals surface area contributed by atoms with Crippen molar-refractivity contribution in [3.05, 3.63) is 34.7 Å². The van der Waals surface area contributed by atoms with Crippen molar-refractivity contribution in [2.75, 3.05) is 5.32 Å². The minimum atomic E-state index is -0.619. The number of anilines is 1. The van der Waals surface area contributed by atoms with Gasteiger partial charge in [-0.05, 0) is 24.5 Å². The van der Waals surface area contributed by atoms with Crippen LogP contribution in [0.25, 0.3) is 10.9 Å². The van der Waals surface area contributed by atoms with Crippen molar-refractivity contribution >= 4 is 22.8 Å². The quantitative estimate of drug-likeness (QED) is 0.861. The molecule has 0 radical (unpaired) electrons. The molecule has 6 heteroatoms. The second kappa shape index (κ2) is 5.73. The van der Waals surface area contributed by atoms with Gasteiger partial charge >= 0.3 is 5.63 Å². The molecule has 3 N–H and O–H groups in total. The molecule has 0 saturated heterocycles. The van der Waals surface area contributed by atoms with E-state index in [1.54, 1.807) is 24.3 Å². The van der Waals surface area contributed by atoms with Crippen LogP contribution >= 0.6 is 0 Å². The number of aromatic nitrogens is 1. The SMILES string of the molecule is CC(C)CC(Nc1nc2ccccc2c(=O)o1)C(N)=O. The maximum absolute atomic E-state index is 11.8. The normalized spacial score (nSPS) is 12.6. The highest BCUT2D eigenvalue weighted by Gasteiger charge is 2.19. The molecule has 2 rings (SSSR count). The summed E-state index contributed by atoms with van der Waals surface area (Å²) in [4.78, 5) is 27.4. The van der Waals surface area contributed by atoms with Crippen LogP contribution in [0.15, 0.2) is 33.5 Å². The number of primary amides is 1. The molecule has 0 fully saturated rings. The van der Waals surface area contributed by atoms with Gasteiger partial charge in [-0.1, -0.05) is 26.0 Å². The van der Waals surface area contributed by atoms with E-state index in [2.05, 4.69) is 10.3 Å². The monoisotopic (exact) mass is 275 g/mol. The van der Waals surface area contributed by atoms with Crippen molar-refractivity contribution in [1.82, 2.24) is 4.98 Å². The summed E-state index contributed by atoms with van der Waals surface area (Å²) in [7, 11) is 0.